The molecule has 4 heteroatoms. The van der Waals surface area contributed by atoms with E-state index in [9.17, 15) is 0 Å². The highest BCUT2D eigenvalue weighted by molar-refractivity contribution is 9.10. The van der Waals surface area contributed by atoms with Crippen molar-refractivity contribution in [2.45, 2.75) is 40.2 Å². The summed E-state index contributed by atoms with van der Waals surface area (Å²) in [6.07, 6.45) is 0.861. The molecular formula is C15H22BrClN2. The van der Waals surface area contributed by atoms with E-state index in [0.29, 0.717) is 16.7 Å². The first kappa shape index (κ1) is 15.3. The molecule has 1 aromatic rings. The lowest BCUT2D eigenvalue weighted by atomic mass is 9.97. The summed E-state index contributed by atoms with van der Waals surface area (Å²) in [6.45, 7) is 9.24. The number of hydrazine groups is 1. The van der Waals surface area contributed by atoms with Gasteiger partial charge in [-0.25, -0.2) is 0 Å². The van der Waals surface area contributed by atoms with E-state index in [0.717, 1.165) is 21.5 Å². The molecule has 0 spiro atoms. The molecule has 0 heterocycles. The highest BCUT2D eigenvalue weighted by atomic mass is 79.9. The van der Waals surface area contributed by atoms with Crippen LogP contribution in [0.2, 0.25) is 5.02 Å². The minimum Gasteiger partial charge on any atom is -0.271 e. The topological polar surface area (TPSA) is 38.0 Å². The normalized spacial score (nSPS) is 22.3. The zero-order valence-corrected chi connectivity index (χ0v) is 14.3. The number of hydrogen-bond acceptors (Lipinski definition) is 2. The van der Waals surface area contributed by atoms with Gasteiger partial charge in [-0.1, -0.05) is 61.3 Å². The summed E-state index contributed by atoms with van der Waals surface area (Å²) in [5.74, 6) is 6.34. The van der Waals surface area contributed by atoms with Crippen LogP contribution in [0.3, 0.4) is 0 Å². The van der Waals surface area contributed by atoms with Gasteiger partial charge >= 0.3 is 0 Å². The summed E-state index contributed by atoms with van der Waals surface area (Å²) >= 11 is 9.73. The zero-order chi connectivity index (χ0) is 14.4. The first-order valence-corrected chi connectivity index (χ1v) is 7.79. The van der Waals surface area contributed by atoms with Crippen molar-refractivity contribution in [3.8, 4) is 0 Å². The average Bonchev–Trinajstić information content (AvgIpc) is 2.70. The van der Waals surface area contributed by atoms with Crippen LogP contribution in [0.4, 0.5) is 0 Å². The van der Waals surface area contributed by atoms with Crippen LogP contribution in [0.25, 0.3) is 0 Å². The molecule has 19 heavy (non-hydrogen) atoms. The zero-order valence-electron chi connectivity index (χ0n) is 11.9. The molecule has 0 radical (unpaired) electrons. The van der Waals surface area contributed by atoms with E-state index in [1.807, 2.05) is 12.1 Å². The number of benzene rings is 1. The molecular weight excluding hydrogens is 324 g/mol. The predicted octanol–water partition coefficient (Wildman–Crippen LogP) is 4.16. The van der Waals surface area contributed by atoms with Crippen LogP contribution in [-0.4, -0.2) is 6.04 Å². The molecule has 0 amide bonds. The Labute approximate surface area is 129 Å². The molecule has 1 fully saturated rings. The fraction of sp³-hybridized carbons (Fsp3) is 0.600. The number of hydrogen-bond donors (Lipinski definition) is 2. The Kier molecular flexibility index (Phi) is 4.05. The van der Waals surface area contributed by atoms with Crippen molar-refractivity contribution in [2.75, 3.05) is 0 Å². The Morgan fingerprint density at radius 1 is 1.32 bits per heavy atom. The SMILES string of the molecule is CC1(C)C(C(Cc2ccc(Br)cc2Cl)NN)C1(C)C. The van der Waals surface area contributed by atoms with E-state index in [2.05, 4.69) is 55.1 Å². The molecule has 106 valence electrons. The maximum absolute atomic E-state index is 6.30. The average molecular weight is 346 g/mol. The van der Waals surface area contributed by atoms with Crippen LogP contribution >= 0.6 is 27.5 Å². The molecule has 2 rings (SSSR count). The lowest BCUT2D eigenvalue weighted by Gasteiger charge is -2.19. The highest BCUT2D eigenvalue weighted by Gasteiger charge is 2.66. The summed E-state index contributed by atoms with van der Waals surface area (Å²) in [5, 5.41) is 0.797. The maximum Gasteiger partial charge on any atom is 0.0449 e. The Morgan fingerprint density at radius 3 is 2.32 bits per heavy atom. The lowest BCUT2D eigenvalue weighted by Crippen LogP contribution is -2.40. The van der Waals surface area contributed by atoms with Gasteiger partial charge in [0.1, 0.15) is 0 Å². The molecule has 1 atom stereocenters. The van der Waals surface area contributed by atoms with E-state index < -0.39 is 0 Å². The van der Waals surface area contributed by atoms with Gasteiger partial charge in [0.25, 0.3) is 0 Å². The first-order valence-electron chi connectivity index (χ1n) is 6.62. The van der Waals surface area contributed by atoms with E-state index in [1.165, 1.54) is 0 Å². The number of nitrogens with one attached hydrogen (secondary N) is 1. The van der Waals surface area contributed by atoms with Crippen molar-refractivity contribution >= 4 is 27.5 Å². The minimum absolute atomic E-state index is 0.253. The van der Waals surface area contributed by atoms with Crippen LogP contribution in [0.1, 0.15) is 33.3 Å². The summed E-state index contributed by atoms with van der Waals surface area (Å²) < 4.78 is 1.01. The molecule has 1 saturated carbocycles. The Bertz CT molecular complexity index is 471. The molecule has 0 aromatic heterocycles. The Hall–Kier alpha value is -0.0900. The van der Waals surface area contributed by atoms with Gasteiger partial charge in [-0.15, -0.1) is 0 Å². The minimum atomic E-state index is 0.253. The van der Waals surface area contributed by atoms with Crippen LogP contribution in [0.15, 0.2) is 22.7 Å². The van der Waals surface area contributed by atoms with Gasteiger partial charge in [-0.2, -0.15) is 0 Å². The molecule has 1 aliphatic carbocycles. The summed E-state index contributed by atoms with van der Waals surface area (Å²) in [4.78, 5) is 0. The van der Waals surface area contributed by atoms with Gasteiger partial charge in [-0.3, -0.25) is 11.3 Å². The summed E-state index contributed by atoms with van der Waals surface area (Å²) in [5.41, 5.74) is 4.76. The third-order valence-electron chi connectivity index (χ3n) is 5.20. The monoisotopic (exact) mass is 344 g/mol. The molecule has 3 N–H and O–H groups in total. The Balaban J connectivity index is 2.17. The molecule has 1 aliphatic rings. The Morgan fingerprint density at radius 2 is 1.89 bits per heavy atom. The predicted molar refractivity (Wildman–Crippen MR) is 85.0 cm³/mol. The van der Waals surface area contributed by atoms with Gasteiger partial charge in [0.05, 0.1) is 0 Å². The van der Waals surface area contributed by atoms with E-state index in [-0.39, 0.29) is 6.04 Å². The highest BCUT2D eigenvalue weighted by Crippen LogP contribution is 2.69. The van der Waals surface area contributed by atoms with Gasteiger partial charge < -0.3 is 0 Å². The molecule has 2 nitrogen and oxygen atoms in total. The molecule has 0 aliphatic heterocycles. The van der Waals surface area contributed by atoms with E-state index in [4.69, 9.17) is 17.4 Å². The number of nitrogens with two attached hydrogens (primary N) is 1. The van der Waals surface area contributed by atoms with Gasteiger partial charge in [-0.05, 0) is 40.9 Å². The fourth-order valence-electron chi connectivity index (χ4n) is 3.45. The van der Waals surface area contributed by atoms with Gasteiger partial charge in [0, 0.05) is 15.5 Å². The standard InChI is InChI=1S/C15H22BrClN2/c1-14(2)13(15(14,3)4)12(19-18)7-9-5-6-10(16)8-11(9)17/h5-6,8,12-13,19H,7,18H2,1-4H3. The van der Waals surface area contributed by atoms with Crippen molar-refractivity contribution in [2.24, 2.45) is 22.6 Å². The van der Waals surface area contributed by atoms with E-state index in [1.54, 1.807) is 0 Å². The van der Waals surface area contributed by atoms with Crippen molar-refractivity contribution in [1.29, 1.82) is 0 Å². The first-order chi connectivity index (χ1) is 8.71. The second kappa shape index (κ2) is 5.03. The van der Waals surface area contributed by atoms with Crippen molar-refractivity contribution in [3.63, 3.8) is 0 Å². The molecule has 1 aromatic carbocycles. The third-order valence-corrected chi connectivity index (χ3v) is 6.05. The van der Waals surface area contributed by atoms with Crippen LogP contribution < -0.4 is 11.3 Å². The van der Waals surface area contributed by atoms with E-state index >= 15 is 0 Å². The second-order valence-electron chi connectivity index (χ2n) is 6.63. The maximum atomic E-state index is 6.30. The molecule has 1 unspecified atom stereocenters. The van der Waals surface area contributed by atoms with Gasteiger partial charge in [0.15, 0.2) is 0 Å². The smallest absolute Gasteiger partial charge is 0.0449 e. The van der Waals surface area contributed by atoms with Crippen molar-refractivity contribution < 1.29 is 0 Å². The largest absolute Gasteiger partial charge is 0.271 e. The van der Waals surface area contributed by atoms with Crippen LogP contribution in [-0.2, 0) is 6.42 Å². The molecule has 0 bridgehead atoms. The summed E-state index contributed by atoms with van der Waals surface area (Å²) in [6, 6.07) is 6.29. The quantitative estimate of drug-likeness (QED) is 0.635. The van der Waals surface area contributed by atoms with Gasteiger partial charge in [0.2, 0.25) is 0 Å². The van der Waals surface area contributed by atoms with Crippen molar-refractivity contribution in [3.05, 3.63) is 33.3 Å². The summed E-state index contributed by atoms with van der Waals surface area (Å²) in [7, 11) is 0. The second-order valence-corrected chi connectivity index (χ2v) is 7.96. The van der Waals surface area contributed by atoms with Crippen LogP contribution in [0.5, 0.6) is 0 Å². The lowest BCUT2D eigenvalue weighted by molar-refractivity contribution is 0.402. The van der Waals surface area contributed by atoms with Crippen LogP contribution in [0, 0.1) is 16.7 Å². The fourth-order valence-corrected chi connectivity index (χ4v) is 4.20. The molecule has 0 saturated heterocycles. The van der Waals surface area contributed by atoms with Crippen molar-refractivity contribution in [1.82, 2.24) is 5.43 Å². The number of halogens is 2. The third kappa shape index (κ3) is 2.58. The number of rotatable bonds is 4.